The van der Waals surface area contributed by atoms with Crippen molar-refractivity contribution in [3.8, 4) is 0 Å². The highest BCUT2D eigenvalue weighted by molar-refractivity contribution is 8.15. The van der Waals surface area contributed by atoms with Crippen LogP contribution in [-0.2, 0) is 4.79 Å². The van der Waals surface area contributed by atoms with E-state index in [1.165, 1.54) is 0 Å². The van der Waals surface area contributed by atoms with Crippen LogP contribution in [0.5, 0.6) is 0 Å². The van der Waals surface area contributed by atoms with Crippen LogP contribution in [0, 0.1) is 5.41 Å². The summed E-state index contributed by atoms with van der Waals surface area (Å²) in [7, 11) is 0. The van der Waals surface area contributed by atoms with E-state index in [1.807, 2.05) is 0 Å². The zero-order valence-electron chi connectivity index (χ0n) is 11.6. The van der Waals surface area contributed by atoms with Crippen LogP contribution in [-0.4, -0.2) is 34.6 Å². The smallest absolute Gasteiger partial charge is 0.302 e. The summed E-state index contributed by atoms with van der Waals surface area (Å²) >= 11 is -1.17. The molecule has 0 radical (unpaired) electrons. The summed E-state index contributed by atoms with van der Waals surface area (Å²) in [5.41, 5.74) is -4.95. The fourth-order valence-corrected chi connectivity index (χ4v) is 2.81. The molecule has 0 N–H and O–H groups in total. The molecule has 0 saturated heterocycles. The van der Waals surface area contributed by atoms with Crippen LogP contribution in [0.1, 0.15) is 13.8 Å². The van der Waals surface area contributed by atoms with E-state index in [1.54, 1.807) is 0 Å². The molecule has 1 aliphatic rings. The Morgan fingerprint density at radius 3 is 1.71 bits per heavy atom. The molecule has 13 heteroatoms. The lowest BCUT2D eigenvalue weighted by Gasteiger charge is -2.34. The maximum Gasteiger partial charge on any atom is 0.444 e. The zero-order chi connectivity index (χ0) is 19.4. The van der Waals surface area contributed by atoms with Gasteiger partial charge in [-0.15, -0.1) is 0 Å². The van der Waals surface area contributed by atoms with Gasteiger partial charge in [0.1, 0.15) is 12.0 Å². The zero-order valence-corrected chi connectivity index (χ0v) is 12.4. The third kappa shape index (κ3) is 3.14. The first kappa shape index (κ1) is 20.8. The highest BCUT2D eigenvalue weighted by Gasteiger charge is 2.78. The maximum absolute atomic E-state index is 13.4. The van der Waals surface area contributed by atoms with Gasteiger partial charge < -0.3 is 4.79 Å². The van der Waals surface area contributed by atoms with E-state index in [9.17, 15) is 48.7 Å². The number of carbonyl (C=O) groups excluding carboxylic acids is 1. The van der Waals surface area contributed by atoms with Crippen molar-refractivity contribution in [2.24, 2.45) is 10.4 Å². The van der Waals surface area contributed by atoms with Crippen LogP contribution >= 0.6 is 11.8 Å². The average Bonchev–Trinajstić information content (AvgIpc) is 2.77. The van der Waals surface area contributed by atoms with Crippen molar-refractivity contribution in [1.29, 1.82) is 0 Å². The summed E-state index contributed by atoms with van der Waals surface area (Å²) in [4.78, 5) is 13.4. The Bertz CT molecular complexity index is 581. The molecule has 0 bridgehead atoms. The second kappa shape index (κ2) is 5.63. The van der Waals surface area contributed by atoms with Crippen molar-refractivity contribution in [2.75, 3.05) is 0 Å². The van der Waals surface area contributed by atoms with Crippen molar-refractivity contribution in [3.05, 3.63) is 11.5 Å². The van der Waals surface area contributed by atoms with Crippen molar-refractivity contribution >= 4 is 23.1 Å². The van der Waals surface area contributed by atoms with E-state index in [-0.39, 0.29) is 6.29 Å². The maximum atomic E-state index is 13.4. The summed E-state index contributed by atoms with van der Waals surface area (Å²) < 4.78 is 124. The molecule has 0 amide bonds. The standard InChI is InChI=1S/C11H7F10NOS/c1-7(2,3-23)6-22-5(4(12)9(13,14)15)8(24-6,10(16,17)18)11(19,20)21/h3H,1-2H3/b5-4+. The van der Waals surface area contributed by atoms with Crippen molar-refractivity contribution in [3.63, 3.8) is 0 Å². The minimum atomic E-state index is -6.36. The average molecular weight is 391 g/mol. The first-order valence-corrected chi connectivity index (χ1v) is 6.59. The highest BCUT2D eigenvalue weighted by Crippen LogP contribution is 2.63. The second-order valence-electron chi connectivity index (χ2n) is 5.20. The third-order valence-corrected chi connectivity index (χ3v) is 4.67. The van der Waals surface area contributed by atoms with E-state index in [2.05, 4.69) is 4.99 Å². The molecule has 0 aliphatic carbocycles. The molecular formula is C11H7F10NOS. The fraction of sp³-hybridized carbons (Fsp3) is 0.636. The molecule has 2 nitrogen and oxygen atoms in total. The number of aliphatic imine (C=N–C) groups is 1. The van der Waals surface area contributed by atoms with E-state index < -0.39 is 57.0 Å². The van der Waals surface area contributed by atoms with Gasteiger partial charge in [-0.3, -0.25) is 0 Å². The molecule has 24 heavy (non-hydrogen) atoms. The molecule has 0 saturated carbocycles. The summed E-state index contributed by atoms with van der Waals surface area (Å²) in [6, 6.07) is 0. The first-order valence-electron chi connectivity index (χ1n) is 5.77. The number of alkyl halides is 9. The summed E-state index contributed by atoms with van der Waals surface area (Å²) in [6.07, 6.45) is -19.0. The summed E-state index contributed by atoms with van der Waals surface area (Å²) in [6.45, 7) is 1.66. The number of hydrogen-bond donors (Lipinski definition) is 0. The SMILES string of the molecule is CC(C)(C=O)C1=N/C(=C(/F)C(F)(F)F)C(C(F)(F)F)(C(F)(F)F)S1. The molecule has 0 aromatic heterocycles. The van der Waals surface area contributed by atoms with Gasteiger partial charge in [0.2, 0.25) is 5.83 Å². The van der Waals surface area contributed by atoms with Gasteiger partial charge in [0.15, 0.2) is 0 Å². The molecule has 1 heterocycles. The van der Waals surface area contributed by atoms with Crippen LogP contribution in [0.25, 0.3) is 0 Å². The molecule has 138 valence electrons. The lowest BCUT2D eigenvalue weighted by Crippen LogP contribution is -2.55. The van der Waals surface area contributed by atoms with Crippen LogP contribution in [0.2, 0.25) is 0 Å². The number of rotatable bonds is 2. The predicted molar refractivity (Wildman–Crippen MR) is 63.9 cm³/mol. The largest absolute Gasteiger partial charge is 0.444 e. The quantitative estimate of drug-likeness (QED) is 0.492. The van der Waals surface area contributed by atoms with Crippen LogP contribution in [0.15, 0.2) is 16.5 Å². The molecule has 0 unspecified atom stereocenters. The van der Waals surface area contributed by atoms with Gasteiger partial charge in [0, 0.05) is 0 Å². The Morgan fingerprint density at radius 1 is 1.00 bits per heavy atom. The van der Waals surface area contributed by atoms with Crippen molar-refractivity contribution in [2.45, 2.75) is 37.1 Å². The number of halogens is 10. The molecule has 0 spiro atoms. The van der Waals surface area contributed by atoms with E-state index in [0.29, 0.717) is 0 Å². The second-order valence-corrected chi connectivity index (χ2v) is 6.40. The minimum Gasteiger partial charge on any atom is -0.302 e. The molecular weight excluding hydrogens is 384 g/mol. The lowest BCUT2D eigenvalue weighted by atomic mass is 9.97. The van der Waals surface area contributed by atoms with E-state index >= 15 is 0 Å². The third-order valence-electron chi connectivity index (χ3n) is 2.90. The monoisotopic (exact) mass is 391 g/mol. The molecule has 0 aromatic rings. The predicted octanol–water partition coefficient (Wildman–Crippen LogP) is 4.96. The topological polar surface area (TPSA) is 29.4 Å². The van der Waals surface area contributed by atoms with Crippen molar-refractivity contribution < 1.29 is 48.7 Å². The molecule has 1 rings (SSSR count). The Morgan fingerprint density at radius 2 is 1.42 bits per heavy atom. The van der Waals surface area contributed by atoms with Crippen LogP contribution < -0.4 is 0 Å². The first-order chi connectivity index (χ1) is 10.4. The number of allylic oxidation sites excluding steroid dienone is 1. The van der Waals surface area contributed by atoms with Gasteiger partial charge >= 0.3 is 18.5 Å². The van der Waals surface area contributed by atoms with Gasteiger partial charge in [-0.25, -0.2) is 4.99 Å². The van der Waals surface area contributed by atoms with Crippen LogP contribution in [0.3, 0.4) is 0 Å². The minimum absolute atomic E-state index is 0.106. The molecule has 0 fully saturated rings. The van der Waals surface area contributed by atoms with Gasteiger partial charge in [-0.2, -0.15) is 43.9 Å². The van der Waals surface area contributed by atoms with Gasteiger partial charge in [-0.1, -0.05) is 11.8 Å². The van der Waals surface area contributed by atoms with Crippen molar-refractivity contribution in [1.82, 2.24) is 0 Å². The number of hydrogen-bond acceptors (Lipinski definition) is 3. The summed E-state index contributed by atoms with van der Waals surface area (Å²) in [5, 5.41) is -1.23. The number of thioether (sulfide) groups is 1. The fourth-order valence-electron chi connectivity index (χ4n) is 1.61. The van der Waals surface area contributed by atoms with E-state index in [4.69, 9.17) is 0 Å². The number of carbonyl (C=O) groups is 1. The molecule has 1 aliphatic heterocycles. The normalized spacial score (nSPS) is 21.6. The Hall–Kier alpha value is -1.27. The molecule has 0 atom stereocenters. The van der Waals surface area contributed by atoms with Gasteiger partial charge in [0.25, 0.3) is 4.75 Å². The Balaban J connectivity index is 3.88. The molecule has 0 aromatic carbocycles. The van der Waals surface area contributed by atoms with Crippen LogP contribution in [0.4, 0.5) is 43.9 Å². The lowest BCUT2D eigenvalue weighted by molar-refractivity contribution is -0.253. The highest BCUT2D eigenvalue weighted by atomic mass is 32.2. The Labute approximate surface area is 132 Å². The Kier molecular flexibility index (Phi) is 4.87. The van der Waals surface area contributed by atoms with Gasteiger partial charge in [0.05, 0.1) is 10.5 Å². The van der Waals surface area contributed by atoms with E-state index in [0.717, 1.165) is 13.8 Å². The summed E-state index contributed by atoms with van der Waals surface area (Å²) in [5.74, 6) is -3.62. The van der Waals surface area contributed by atoms with Gasteiger partial charge in [-0.05, 0) is 13.8 Å². The number of aldehydes is 1. The number of nitrogens with zero attached hydrogens (tertiary/aromatic N) is 1.